The Morgan fingerprint density at radius 3 is 1.48 bits per heavy atom. The van der Waals surface area contributed by atoms with Crippen LogP contribution in [0.1, 0.15) is 168 Å². The fourth-order valence-electron chi connectivity index (χ4n) is 16.7. The zero-order valence-corrected chi connectivity index (χ0v) is 72.5. The van der Waals surface area contributed by atoms with Crippen LogP contribution in [0.2, 0.25) is 0 Å². The number of carbonyl (C=O) groups excluding carboxylic acids is 11. The van der Waals surface area contributed by atoms with Crippen LogP contribution in [0, 0.1) is 23.7 Å². The van der Waals surface area contributed by atoms with Gasteiger partial charge < -0.3 is 64.1 Å². The maximum atomic E-state index is 13.2. The molecular weight excluding hydrogens is 1650 g/mol. The minimum absolute atomic E-state index is 0.0232. The Bertz CT molecular complexity index is 5590. The number of nitrogens with one attached hydrogen (secondary N) is 4. The summed E-state index contributed by atoms with van der Waals surface area (Å²) in [5.41, 5.74) is 10.8. The number of carboxylic acids is 1. The van der Waals surface area contributed by atoms with Gasteiger partial charge in [-0.1, -0.05) is 76.0 Å². The molecule has 5 aliphatic heterocycles. The lowest BCUT2D eigenvalue weighted by Gasteiger charge is -2.38. The van der Waals surface area contributed by atoms with Crippen LogP contribution in [-0.4, -0.2) is 215 Å². The van der Waals surface area contributed by atoms with E-state index >= 15 is 0 Å². The average Bonchev–Trinajstić information content (AvgIpc) is 1.66. The summed E-state index contributed by atoms with van der Waals surface area (Å²) in [6.45, 7) is 4.48. The van der Waals surface area contributed by atoms with Crippen molar-refractivity contribution in [3.8, 4) is 56.8 Å². The second-order valence-corrected chi connectivity index (χ2v) is 32.2. The largest absolute Gasteiger partial charge is 0.496 e. The van der Waals surface area contributed by atoms with E-state index in [-0.39, 0.29) is 120 Å². The molecule has 9 heterocycles. The van der Waals surface area contributed by atoms with Gasteiger partial charge in [0.05, 0.1) is 90.7 Å². The second kappa shape index (κ2) is 45.1. The molecule has 678 valence electrons. The molecule has 3 atom stereocenters. The number of ketones is 3. The minimum Gasteiger partial charge on any atom is -0.496 e. The molecule has 0 spiro atoms. The number of nitrogens with zero attached hydrogens (tertiary/aromatic N) is 7. The number of hydrogen-bond donors (Lipinski definition) is 7. The highest BCUT2D eigenvalue weighted by atomic mass is 16.5. The molecule has 0 bridgehead atoms. The van der Waals surface area contributed by atoms with Gasteiger partial charge in [-0.05, 0) is 122 Å². The number of nitrogens with two attached hydrogens (primary N) is 1. The molecule has 0 radical (unpaired) electrons. The number of imide groups is 3. The molecule has 4 saturated heterocycles. The number of aliphatic carboxylic acids is 1. The highest BCUT2D eigenvalue weighted by Gasteiger charge is 2.50. The van der Waals surface area contributed by atoms with Gasteiger partial charge in [-0.15, -0.1) is 0 Å². The first-order valence-electron chi connectivity index (χ1n) is 42.8. The fraction of sp³-hybridized carbons (Fsp3) is 0.430. The number of carboxylic acid groups (broad SMARTS) is 2. The van der Waals surface area contributed by atoms with Crippen LogP contribution < -0.4 is 66.5 Å². The Morgan fingerprint density at radius 2 is 0.984 bits per heavy atom. The van der Waals surface area contributed by atoms with Crippen molar-refractivity contribution in [1.29, 1.82) is 0 Å². The monoisotopic (exact) mass is 1760 g/mol. The highest BCUT2D eigenvalue weighted by molar-refractivity contribution is 6.29. The number of amides is 8. The van der Waals surface area contributed by atoms with Crippen LogP contribution in [-0.2, 0) is 70.3 Å². The van der Waals surface area contributed by atoms with Gasteiger partial charge in [0.1, 0.15) is 47.1 Å². The van der Waals surface area contributed by atoms with Crippen LogP contribution in [0.25, 0.3) is 43.8 Å². The molecular formula is C93H108N12O23. The number of rotatable bonds is 38. The summed E-state index contributed by atoms with van der Waals surface area (Å²) in [6, 6.07) is 19.5. The van der Waals surface area contributed by atoms with Gasteiger partial charge in [-0.25, -0.2) is 0 Å². The third kappa shape index (κ3) is 22.9. The summed E-state index contributed by atoms with van der Waals surface area (Å²) < 4.78 is 37.3. The molecule has 35 heteroatoms. The summed E-state index contributed by atoms with van der Waals surface area (Å²) in [5, 5.41) is 28.9. The van der Waals surface area contributed by atoms with E-state index in [0.717, 1.165) is 133 Å². The van der Waals surface area contributed by atoms with Crippen molar-refractivity contribution in [3.63, 3.8) is 0 Å². The van der Waals surface area contributed by atoms with Gasteiger partial charge in [0.25, 0.3) is 35.3 Å². The first-order chi connectivity index (χ1) is 61.8. The van der Waals surface area contributed by atoms with Crippen molar-refractivity contribution in [3.05, 3.63) is 164 Å². The number of benzene rings is 4. The Labute approximate surface area is 737 Å². The number of pyridine rings is 4. The standard InChI is InChI=1S/C46H52N6O10.C24H31N3O6.C22H23N3O5.CH2O2/c1-50-25-34(31-17-19-47-22-33(31)44(50)57)28-20-38(60-2)35(39(21-28)61-3)26-51-23-29(24-51)42(55)48-18-10-8-6-4-5-7-9-12-30(53)27-62-37-14-11-13-32-41(37)46(59)52(45(32)58)36-15-16-40(54)49-43(36)56;25-12-5-3-1-2-4-6-13-26-19(29)14-33-17-9-7-8-15-20(17)23(31)21(22(15)30)16-10-11-18(28)27-24(16)32;1-24-11-17(15-4-5-23-8-16(15)21(24)26)13-6-19(29-2)18(20(7-13)30-3)12-25-9-14(10-25)22(27)28;2-1-3/h11,13-14,17,19-22,25,29,36H,4-10,12,15-16,18,23-24,26-27H2,1-3H3,(H,48,55)(H,49,54,56);7-9,16,21H,1-6,10-14,25H2,(H,26,29)(H,27,28,32);4-8,11,14H,9-10,12H2,1-3H3,(H,27,28);1H,(H,2,3). The number of hydrogen-bond acceptors (Lipinski definition) is 26. The Kier molecular flexibility index (Phi) is 33.6. The molecule has 4 aromatic heterocycles. The van der Waals surface area contributed by atoms with Gasteiger partial charge in [0.15, 0.2) is 24.0 Å². The van der Waals surface area contributed by atoms with Crippen molar-refractivity contribution in [1.82, 2.24) is 55.1 Å². The lowest BCUT2D eigenvalue weighted by Crippen LogP contribution is -2.54. The first kappa shape index (κ1) is 95.2. The van der Waals surface area contributed by atoms with Crippen molar-refractivity contribution in [2.24, 2.45) is 43.5 Å². The predicted octanol–water partition coefficient (Wildman–Crippen LogP) is 7.70. The van der Waals surface area contributed by atoms with Crippen LogP contribution in [0.3, 0.4) is 0 Å². The van der Waals surface area contributed by atoms with Gasteiger partial charge in [-0.3, -0.25) is 107 Å². The van der Waals surface area contributed by atoms with Gasteiger partial charge in [0.2, 0.25) is 29.5 Å². The van der Waals surface area contributed by atoms with E-state index in [0.29, 0.717) is 99.0 Å². The molecule has 128 heavy (non-hydrogen) atoms. The molecule has 35 nitrogen and oxygen atoms in total. The number of methoxy groups -OCH3 is 4. The van der Waals surface area contributed by atoms with Crippen LogP contribution in [0.5, 0.6) is 34.5 Å². The second-order valence-electron chi connectivity index (χ2n) is 32.2. The van der Waals surface area contributed by atoms with Crippen molar-refractivity contribution in [2.75, 3.05) is 87.5 Å². The fourth-order valence-corrected chi connectivity index (χ4v) is 16.7. The van der Waals surface area contributed by atoms with E-state index < -0.39 is 70.9 Å². The van der Waals surface area contributed by atoms with E-state index in [1.54, 1.807) is 90.2 Å². The van der Waals surface area contributed by atoms with Crippen molar-refractivity contribution in [2.45, 2.75) is 135 Å². The third-order valence-corrected chi connectivity index (χ3v) is 23.6. The Balaban J connectivity index is 0.000000201. The maximum Gasteiger partial charge on any atom is 0.309 e. The zero-order valence-electron chi connectivity index (χ0n) is 72.5. The lowest BCUT2D eigenvalue weighted by molar-refractivity contribution is -0.148. The van der Waals surface area contributed by atoms with Crippen molar-refractivity contribution >= 4 is 98.6 Å². The number of aryl methyl sites for hydroxylation is 2. The molecule has 3 unspecified atom stereocenters. The summed E-state index contributed by atoms with van der Waals surface area (Å²) >= 11 is 0. The van der Waals surface area contributed by atoms with Crippen LogP contribution in [0.15, 0.2) is 120 Å². The van der Waals surface area contributed by atoms with E-state index in [1.807, 2.05) is 47.5 Å². The van der Waals surface area contributed by atoms with E-state index in [4.69, 9.17) is 49.2 Å². The highest BCUT2D eigenvalue weighted by Crippen LogP contribution is 2.43. The number of piperidine rings is 2. The number of fused-ring (bicyclic) bond motifs is 4. The van der Waals surface area contributed by atoms with Gasteiger partial charge in [-0.2, -0.15) is 0 Å². The molecule has 8 amide bonds. The SMILES string of the molecule is COc1cc(-c2cn(C)c(=O)c3cnccc23)cc(OC)c1CN1CC(C(=O)NCCCCCCCCCC(=O)COc2cccc3c2C(=O)N(C2CCC(=O)NC2=O)C3=O)C1.COc1cc(-c2cn(C)c(=O)c3cnccc23)cc(OC)c1CN1CC(C(=O)O)C1.NCCCCCCCCNC(=O)COc1cccc2c1C(=O)C(C1CCC(=O)NC1=O)C2=O.O=CO. The number of carbonyl (C=O) groups is 13. The molecule has 0 saturated carbocycles. The minimum atomic E-state index is -1.17. The van der Waals surface area contributed by atoms with Gasteiger partial charge in [0, 0.05) is 140 Å². The molecule has 4 aromatic carbocycles. The lowest BCUT2D eigenvalue weighted by atomic mass is 9.82. The zero-order chi connectivity index (χ0) is 91.8. The van der Waals surface area contributed by atoms with Crippen molar-refractivity contribution < 1.29 is 101 Å². The van der Waals surface area contributed by atoms with E-state index in [2.05, 4.69) is 36.1 Å². The molecule has 14 rings (SSSR count). The summed E-state index contributed by atoms with van der Waals surface area (Å²) in [7, 11) is 9.87. The summed E-state index contributed by atoms with van der Waals surface area (Å²) in [5.74, 6) is -5.12. The molecule has 6 aliphatic rings. The third-order valence-electron chi connectivity index (χ3n) is 23.6. The normalized spacial score (nSPS) is 16.6. The number of ether oxygens (including phenoxy) is 6. The molecule has 8 N–H and O–H groups in total. The Morgan fingerprint density at radius 1 is 0.523 bits per heavy atom. The number of likely N-dealkylation sites (tertiary alicyclic amines) is 2. The molecule has 1 aliphatic carbocycles. The topological polar surface area (TPSA) is 471 Å². The quantitative estimate of drug-likeness (QED) is 0.00843. The number of aromatic nitrogens is 4. The smallest absolute Gasteiger partial charge is 0.309 e. The predicted molar refractivity (Wildman–Crippen MR) is 468 cm³/mol. The van der Waals surface area contributed by atoms with Crippen LogP contribution in [0.4, 0.5) is 0 Å². The molecule has 4 fully saturated rings. The molecule has 8 aromatic rings. The van der Waals surface area contributed by atoms with E-state index in [1.165, 1.54) is 28.8 Å². The van der Waals surface area contributed by atoms with E-state index in [9.17, 15) is 67.1 Å². The number of unbranched alkanes of at least 4 members (excludes halogenated alkanes) is 11. The average molecular weight is 1760 g/mol. The van der Waals surface area contributed by atoms with Crippen LogP contribution >= 0.6 is 0 Å². The summed E-state index contributed by atoms with van der Waals surface area (Å²) in [6.07, 6.45) is 23.6. The Hall–Kier alpha value is -13.4. The summed E-state index contributed by atoms with van der Waals surface area (Å²) in [4.78, 5) is 195. The van der Waals surface area contributed by atoms with Gasteiger partial charge >= 0.3 is 5.97 Å². The first-order valence-corrected chi connectivity index (χ1v) is 42.8. The maximum absolute atomic E-state index is 13.2. The number of Topliss-reactive ketones (excluding diaryl/α,β-unsaturated/α-hetero) is 3.